The van der Waals surface area contributed by atoms with Crippen LogP contribution in [0.15, 0.2) is 53.4 Å². The fraction of sp³-hybridized carbons (Fsp3) is 0.167. The van der Waals surface area contributed by atoms with Gasteiger partial charge in [-0.2, -0.15) is 0 Å². The van der Waals surface area contributed by atoms with E-state index in [0.717, 1.165) is 16.5 Å². The summed E-state index contributed by atoms with van der Waals surface area (Å²) in [6.45, 7) is 1.82. The number of aryl methyl sites for hydroxylation is 1. The summed E-state index contributed by atoms with van der Waals surface area (Å²) in [6.07, 6.45) is 0. The number of amides is 1. The SMILES string of the molecule is C[C@@H](NC(=O)c1cc2ccc(Cl)cc2n1C)c1ccc(S(N)(=O)=O)cc1. The molecule has 1 aromatic heterocycles. The maximum atomic E-state index is 12.6. The summed E-state index contributed by atoms with van der Waals surface area (Å²) in [5, 5.41) is 9.54. The Labute approximate surface area is 156 Å². The summed E-state index contributed by atoms with van der Waals surface area (Å²) in [4.78, 5) is 12.7. The molecule has 0 aliphatic rings. The second-order valence-corrected chi connectivity index (χ2v) is 8.10. The summed E-state index contributed by atoms with van der Waals surface area (Å²) in [5.74, 6) is -0.233. The molecule has 2 aromatic carbocycles. The third-order valence-corrected chi connectivity index (χ3v) is 5.46. The minimum atomic E-state index is -3.74. The average Bonchev–Trinajstić information content (AvgIpc) is 2.91. The lowest BCUT2D eigenvalue weighted by Gasteiger charge is -2.15. The smallest absolute Gasteiger partial charge is 0.268 e. The van der Waals surface area contributed by atoms with Gasteiger partial charge in [0.2, 0.25) is 10.0 Å². The van der Waals surface area contributed by atoms with Crippen LogP contribution in [0.4, 0.5) is 0 Å². The number of sulfonamides is 1. The zero-order valence-corrected chi connectivity index (χ0v) is 15.8. The molecule has 1 atom stereocenters. The maximum Gasteiger partial charge on any atom is 0.268 e. The second kappa shape index (κ2) is 6.75. The molecule has 3 aromatic rings. The highest BCUT2D eigenvalue weighted by Crippen LogP contribution is 2.23. The first-order chi connectivity index (χ1) is 12.2. The highest BCUT2D eigenvalue weighted by Gasteiger charge is 2.17. The largest absolute Gasteiger partial charge is 0.344 e. The molecule has 0 aliphatic heterocycles. The number of hydrogen-bond donors (Lipinski definition) is 2. The average molecular weight is 392 g/mol. The molecule has 0 spiro atoms. The molecular formula is C18H18ClN3O3S. The standard InChI is InChI=1S/C18H18ClN3O3S/c1-11(12-4-7-15(8-5-12)26(20,24)25)21-18(23)17-9-13-3-6-14(19)10-16(13)22(17)2/h3-11H,1-2H3,(H,21,23)(H2,20,24,25)/t11-/m1/s1. The van der Waals surface area contributed by atoms with Crippen LogP contribution >= 0.6 is 11.6 Å². The van der Waals surface area contributed by atoms with Gasteiger partial charge in [-0.15, -0.1) is 0 Å². The highest BCUT2D eigenvalue weighted by atomic mass is 35.5. The Kier molecular flexibility index (Phi) is 4.79. The molecule has 1 amide bonds. The van der Waals surface area contributed by atoms with Gasteiger partial charge < -0.3 is 9.88 Å². The van der Waals surface area contributed by atoms with Crippen LogP contribution in [0.3, 0.4) is 0 Å². The van der Waals surface area contributed by atoms with Crippen molar-refractivity contribution in [3.05, 3.63) is 64.8 Å². The number of rotatable bonds is 4. The molecule has 0 unspecified atom stereocenters. The van der Waals surface area contributed by atoms with Gasteiger partial charge in [0.05, 0.1) is 10.9 Å². The quantitative estimate of drug-likeness (QED) is 0.715. The number of nitrogens with zero attached hydrogens (tertiary/aromatic N) is 1. The molecule has 6 nitrogen and oxygen atoms in total. The molecule has 0 saturated carbocycles. The van der Waals surface area contributed by atoms with E-state index in [-0.39, 0.29) is 16.8 Å². The first kappa shape index (κ1) is 18.4. The number of nitrogens with one attached hydrogen (secondary N) is 1. The van der Waals surface area contributed by atoms with Crippen LogP contribution in [-0.2, 0) is 17.1 Å². The lowest BCUT2D eigenvalue weighted by Crippen LogP contribution is -2.28. The minimum absolute atomic E-state index is 0.0327. The number of halogens is 1. The molecule has 0 saturated heterocycles. The van der Waals surface area contributed by atoms with Gasteiger partial charge in [-0.1, -0.05) is 29.8 Å². The summed E-state index contributed by atoms with van der Waals surface area (Å²) in [7, 11) is -1.93. The normalized spacial score (nSPS) is 12.9. The van der Waals surface area contributed by atoms with Crippen molar-refractivity contribution in [2.24, 2.45) is 12.2 Å². The molecule has 3 rings (SSSR count). The van der Waals surface area contributed by atoms with Gasteiger partial charge in [-0.3, -0.25) is 4.79 Å². The zero-order chi connectivity index (χ0) is 19.1. The summed E-state index contributed by atoms with van der Waals surface area (Å²) in [6, 6.07) is 13.1. The highest BCUT2D eigenvalue weighted by molar-refractivity contribution is 7.89. The van der Waals surface area contributed by atoms with Crippen molar-refractivity contribution in [2.75, 3.05) is 0 Å². The van der Waals surface area contributed by atoms with E-state index < -0.39 is 10.0 Å². The number of carbonyl (C=O) groups is 1. The van der Waals surface area contributed by atoms with E-state index in [0.29, 0.717) is 10.7 Å². The van der Waals surface area contributed by atoms with E-state index in [1.54, 1.807) is 35.9 Å². The number of primary sulfonamides is 1. The number of carbonyl (C=O) groups excluding carboxylic acids is 1. The molecular weight excluding hydrogens is 374 g/mol. The van der Waals surface area contributed by atoms with E-state index in [1.165, 1.54) is 12.1 Å². The van der Waals surface area contributed by atoms with Gasteiger partial charge in [0.1, 0.15) is 5.69 Å². The number of hydrogen-bond acceptors (Lipinski definition) is 3. The molecule has 0 radical (unpaired) electrons. The van der Waals surface area contributed by atoms with E-state index in [9.17, 15) is 13.2 Å². The van der Waals surface area contributed by atoms with Crippen LogP contribution < -0.4 is 10.5 Å². The van der Waals surface area contributed by atoms with Crippen molar-refractivity contribution in [2.45, 2.75) is 17.9 Å². The fourth-order valence-electron chi connectivity index (χ4n) is 2.82. The number of aromatic nitrogens is 1. The topological polar surface area (TPSA) is 94.2 Å². The summed E-state index contributed by atoms with van der Waals surface area (Å²) < 4.78 is 24.4. The molecule has 0 bridgehead atoms. The predicted molar refractivity (Wildman–Crippen MR) is 102 cm³/mol. The van der Waals surface area contributed by atoms with Gasteiger partial charge >= 0.3 is 0 Å². The maximum absolute atomic E-state index is 12.6. The Bertz CT molecular complexity index is 1090. The molecule has 8 heteroatoms. The number of benzene rings is 2. The van der Waals surface area contributed by atoms with Crippen molar-refractivity contribution in [1.29, 1.82) is 0 Å². The zero-order valence-electron chi connectivity index (χ0n) is 14.2. The number of fused-ring (bicyclic) bond motifs is 1. The van der Waals surface area contributed by atoms with Crippen LogP contribution in [0.25, 0.3) is 10.9 Å². The minimum Gasteiger partial charge on any atom is -0.344 e. The van der Waals surface area contributed by atoms with Crippen molar-refractivity contribution in [3.63, 3.8) is 0 Å². The Morgan fingerprint density at radius 2 is 1.81 bits per heavy atom. The summed E-state index contributed by atoms with van der Waals surface area (Å²) in [5.41, 5.74) is 2.15. The predicted octanol–water partition coefficient (Wildman–Crippen LogP) is 2.97. The van der Waals surface area contributed by atoms with Crippen LogP contribution in [-0.4, -0.2) is 18.9 Å². The molecule has 0 fully saturated rings. The first-order valence-corrected chi connectivity index (χ1v) is 9.78. The van der Waals surface area contributed by atoms with Crippen molar-refractivity contribution < 1.29 is 13.2 Å². The van der Waals surface area contributed by atoms with Crippen LogP contribution in [0.2, 0.25) is 5.02 Å². The molecule has 1 heterocycles. The lowest BCUT2D eigenvalue weighted by atomic mass is 10.1. The third-order valence-electron chi connectivity index (χ3n) is 4.30. The van der Waals surface area contributed by atoms with E-state index in [1.807, 2.05) is 19.1 Å². The van der Waals surface area contributed by atoms with Gasteiger partial charge in [0.15, 0.2) is 0 Å². The van der Waals surface area contributed by atoms with E-state index in [2.05, 4.69) is 5.32 Å². The first-order valence-electron chi connectivity index (χ1n) is 7.85. The van der Waals surface area contributed by atoms with Crippen LogP contribution in [0, 0.1) is 0 Å². The van der Waals surface area contributed by atoms with Gasteiger partial charge in [-0.25, -0.2) is 13.6 Å². The van der Waals surface area contributed by atoms with Crippen molar-refractivity contribution >= 4 is 38.4 Å². The van der Waals surface area contributed by atoms with Crippen molar-refractivity contribution in [3.8, 4) is 0 Å². The fourth-order valence-corrected chi connectivity index (χ4v) is 3.50. The number of nitrogens with two attached hydrogens (primary N) is 1. The molecule has 136 valence electrons. The van der Waals surface area contributed by atoms with Gasteiger partial charge in [-0.05, 0) is 42.8 Å². The van der Waals surface area contributed by atoms with Crippen LogP contribution in [0.1, 0.15) is 29.0 Å². The molecule has 0 aliphatic carbocycles. The Hall–Kier alpha value is -2.35. The van der Waals surface area contributed by atoms with E-state index in [4.69, 9.17) is 16.7 Å². The lowest BCUT2D eigenvalue weighted by molar-refractivity contribution is 0.0932. The van der Waals surface area contributed by atoms with Gasteiger partial charge in [0, 0.05) is 23.0 Å². The second-order valence-electron chi connectivity index (χ2n) is 6.10. The molecule has 26 heavy (non-hydrogen) atoms. The summed E-state index contributed by atoms with van der Waals surface area (Å²) >= 11 is 6.02. The Morgan fingerprint density at radius 1 is 1.15 bits per heavy atom. The third kappa shape index (κ3) is 3.60. The van der Waals surface area contributed by atoms with Crippen LogP contribution in [0.5, 0.6) is 0 Å². The Morgan fingerprint density at radius 3 is 2.42 bits per heavy atom. The Balaban J connectivity index is 1.82. The molecule has 3 N–H and O–H groups in total. The van der Waals surface area contributed by atoms with Gasteiger partial charge in [0.25, 0.3) is 5.91 Å². The monoisotopic (exact) mass is 391 g/mol. The van der Waals surface area contributed by atoms with E-state index >= 15 is 0 Å². The van der Waals surface area contributed by atoms with Crippen molar-refractivity contribution in [1.82, 2.24) is 9.88 Å².